The lowest BCUT2D eigenvalue weighted by atomic mass is 9.77. The van der Waals surface area contributed by atoms with Crippen LogP contribution < -0.4 is 21.7 Å². The third-order valence-electron chi connectivity index (χ3n) is 7.28. The summed E-state index contributed by atoms with van der Waals surface area (Å²) < 4.78 is 0. The van der Waals surface area contributed by atoms with Crippen LogP contribution in [0.1, 0.15) is 69.8 Å². The Morgan fingerprint density at radius 3 is 2.46 bits per heavy atom. The second-order valence-electron chi connectivity index (χ2n) is 9.94. The van der Waals surface area contributed by atoms with E-state index in [0.717, 1.165) is 50.6 Å². The summed E-state index contributed by atoms with van der Waals surface area (Å²) in [5.41, 5.74) is 8.71. The summed E-state index contributed by atoms with van der Waals surface area (Å²) >= 11 is 0. The van der Waals surface area contributed by atoms with Gasteiger partial charge >= 0.3 is 0 Å². The van der Waals surface area contributed by atoms with Gasteiger partial charge in [-0.2, -0.15) is 5.26 Å². The molecule has 0 aliphatic heterocycles. The van der Waals surface area contributed by atoms with E-state index in [4.69, 9.17) is 11.1 Å². The highest BCUT2D eigenvalue weighted by Crippen LogP contribution is 2.34. The highest BCUT2D eigenvalue weighted by atomic mass is 16.2. The van der Waals surface area contributed by atoms with Crippen molar-refractivity contribution >= 4 is 28.9 Å². The molecule has 4 rings (SSSR count). The molecule has 8 nitrogen and oxygen atoms in total. The fourth-order valence-electron chi connectivity index (χ4n) is 4.92. The molecule has 0 unspecified atom stereocenters. The van der Waals surface area contributed by atoms with Crippen molar-refractivity contribution in [2.75, 3.05) is 5.32 Å². The van der Waals surface area contributed by atoms with Gasteiger partial charge in [-0.3, -0.25) is 15.0 Å². The van der Waals surface area contributed by atoms with E-state index in [1.54, 1.807) is 0 Å². The molecule has 0 spiro atoms. The van der Waals surface area contributed by atoms with Crippen molar-refractivity contribution in [3.63, 3.8) is 0 Å². The van der Waals surface area contributed by atoms with E-state index in [2.05, 4.69) is 52.4 Å². The van der Waals surface area contributed by atoms with E-state index < -0.39 is 11.4 Å². The summed E-state index contributed by atoms with van der Waals surface area (Å²) in [4.78, 5) is 23.9. The van der Waals surface area contributed by atoms with Crippen LogP contribution in [-0.4, -0.2) is 29.2 Å². The minimum Gasteiger partial charge on any atom is -0.384 e. The monoisotopic (exact) mass is 474 g/mol. The van der Waals surface area contributed by atoms with Crippen LogP contribution in [0.4, 0.5) is 5.69 Å². The van der Waals surface area contributed by atoms with Crippen molar-refractivity contribution in [1.29, 1.82) is 10.7 Å². The first kappa shape index (κ1) is 24.5. The first-order valence-corrected chi connectivity index (χ1v) is 12.5. The number of allylic oxidation sites excluding steroid dienone is 2. The Labute approximate surface area is 206 Å². The van der Waals surface area contributed by atoms with Crippen molar-refractivity contribution in [3.8, 4) is 6.07 Å². The van der Waals surface area contributed by atoms with E-state index in [1.165, 1.54) is 30.2 Å². The van der Waals surface area contributed by atoms with Crippen molar-refractivity contribution in [2.45, 2.75) is 75.8 Å². The van der Waals surface area contributed by atoms with Gasteiger partial charge in [0.15, 0.2) is 0 Å². The van der Waals surface area contributed by atoms with E-state index in [9.17, 15) is 14.9 Å². The number of hydrogen-bond acceptors (Lipinski definition) is 6. The first-order chi connectivity index (χ1) is 16.9. The summed E-state index contributed by atoms with van der Waals surface area (Å²) in [6.07, 6.45) is 12.3. The molecule has 0 heterocycles. The minimum absolute atomic E-state index is 0.0823. The first-order valence-electron chi connectivity index (χ1n) is 12.5. The molecule has 0 radical (unpaired) electrons. The lowest BCUT2D eigenvalue weighted by Crippen LogP contribution is -2.48. The third-order valence-corrected chi connectivity index (χ3v) is 7.28. The number of amides is 2. The number of hydrogen-bond donors (Lipinski definition) is 5. The second-order valence-corrected chi connectivity index (χ2v) is 9.94. The summed E-state index contributed by atoms with van der Waals surface area (Å²) in [5.74, 6) is -1.44. The van der Waals surface area contributed by atoms with Gasteiger partial charge in [0.05, 0.1) is 18.1 Å². The van der Waals surface area contributed by atoms with Gasteiger partial charge in [-0.25, -0.2) is 0 Å². The molecule has 0 bridgehead atoms. The number of nitrogens with zero attached hydrogens (tertiary/aromatic N) is 1. The number of anilines is 1. The maximum Gasteiger partial charge on any atom is 0.253 e. The smallest absolute Gasteiger partial charge is 0.253 e. The van der Waals surface area contributed by atoms with Crippen molar-refractivity contribution < 1.29 is 9.59 Å². The number of nitriles is 1. The Morgan fingerprint density at radius 1 is 1.17 bits per heavy atom. The largest absolute Gasteiger partial charge is 0.384 e. The summed E-state index contributed by atoms with van der Waals surface area (Å²) in [7, 11) is 0. The van der Waals surface area contributed by atoms with Crippen LogP contribution in [0.5, 0.6) is 0 Å². The molecule has 1 aromatic carbocycles. The molecular formula is C27H34N6O2. The zero-order valence-corrected chi connectivity index (χ0v) is 20.0. The lowest BCUT2D eigenvalue weighted by molar-refractivity contribution is -0.120. The Balaban J connectivity index is 1.35. The van der Waals surface area contributed by atoms with E-state index in [-0.39, 0.29) is 35.7 Å². The Bertz CT molecular complexity index is 1070. The quantitative estimate of drug-likeness (QED) is 0.210. The normalized spacial score (nSPS) is 24.1. The lowest BCUT2D eigenvalue weighted by Gasteiger charge is -2.40. The zero-order valence-electron chi connectivity index (χ0n) is 20.0. The van der Waals surface area contributed by atoms with E-state index in [0.29, 0.717) is 0 Å². The van der Waals surface area contributed by atoms with Crippen LogP contribution in [0.25, 0.3) is 5.57 Å². The third kappa shape index (κ3) is 6.30. The van der Waals surface area contributed by atoms with Crippen LogP contribution in [0, 0.1) is 22.7 Å². The topological polar surface area (TPSA) is 144 Å². The Kier molecular flexibility index (Phi) is 7.54. The molecule has 3 aliphatic carbocycles. The number of benzene rings is 1. The molecule has 35 heavy (non-hydrogen) atoms. The maximum absolute atomic E-state index is 12.0. The summed E-state index contributed by atoms with van der Waals surface area (Å²) in [6.45, 7) is 0. The molecule has 8 heteroatoms. The molecular weight excluding hydrogens is 440 g/mol. The van der Waals surface area contributed by atoms with Gasteiger partial charge in [0, 0.05) is 29.4 Å². The number of primary amides is 1. The summed E-state index contributed by atoms with van der Waals surface area (Å²) in [6, 6.07) is 11.2. The molecule has 2 amide bonds. The maximum atomic E-state index is 12.0. The molecule has 0 atom stereocenters. The second kappa shape index (κ2) is 10.8. The van der Waals surface area contributed by atoms with Crippen LogP contribution in [-0.2, 0) is 9.59 Å². The van der Waals surface area contributed by atoms with Gasteiger partial charge < -0.3 is 21.7 Å². The zero-order chi connectivity index (χ0) is 24.8. The SMILES string of the molecule is N#CCC1(N/C=C(\C(=N)NC(=O)C2CC2)C(N)=O)CCC(Nc2ccc(C3=CCCC3)cc2)CC1. The van der Waals surface area contributed by atoms with Gasteiger partial charge in [-0.05, 0) is 81.1 Å². The molecule has 0 aromatic heterocycles. The predicted molar refractivity (Wildman–Crippen MR) is 136 cm³/mol. The molecule has 2 saturated carbocycles. The Morgan fingerprint density at radius 2 is 1.89 bits per heavy atom. The fourth-order valence-corrected chi connectivity index (χ4v) is 4.92. The van der Waals surface area contributed by atoms with Gasteiger partial charge in [0.2, 0.25) is 5.91 Å². The van der Waals surface area contributed by atoms with Crippen LogP contribution in [0.15, 0.2) is 42.1 Å². The van der Waals surface area contributed by atoms with E-state index in [1.807, 2.05) is 0 Å². The Hall–Kier alpha value is -3.60. The number of carbonyl (C=O) groups is 2. The van der Waals surface area contributed by atoms with Crippen molar-refractivity contribution in [3.05, 3.63) is 47.7 Å². The fraction of sp³-hybridized carbons (Fsp3) is 0.481. The van der Waals surface area contributed by atoms with Crippen LogP contribution >= 0.6 is 0 Å². The molecule has 2 fully saturated rings. The summed E-state index contributed by atoms with van der Waals surface area (Å²) in [5, 5.41) is 26.9. The van der Waals surface area contributed by atoms with Crippen molar-refractivity contribution in [2.24, 2.45) is 11.7 Å². The number of amidine groups is 1. The van der Waals surface area contributed by atoms with Gasteiger partial charge in [0.1, 0.15) is 5.84 Å². The van der Waals surface area contributed by atoms with E-state index >= 15 is 0 Å². The molecule has 1 aromatic rings. The molecule has 6 N–H and O–H groups in total. The van der Waals surface area contributed by atoms with Gasteiger partial charge in [0.25, 0.3) is 5.91 Å². The number of rotatable bonds is 9. The molecule has 184 valence electrons. The number of carbonyl (C=O) groups excluding carboxylic acids is 2. The highest BCUT2D eigenvalue weighted by molar-refractivity contribution is 6.22. The number of nitrogens with two attached hydrogens (primary N) is 1. The molecule has 3 aliphatic rings. The van der Waals surface area contributed by atoms with Gasteiger partial charge in [-0.1, -0.05) is 18.2 Å². The minimum atomic E-state index is -0.794. The predicted octanol–water partition coefficient (Wildman–Crippen LogP) is 3.72. The number of nitrogens with one attached hydrogen (secondary N) is 4. The standard InChI is InChI=1S/C27H34N6O2/c28-16-15-27(31-17-23(25(30)34)24(29)33-26(35)20-5-6-20)13-11-22(12-14-27)32-21-9-7-19(8-10-21)18-3-1-2-4-18/h3,7-10,17,20,22,31-32H,1-2,4-6,11-15H2,(H2,30,34)(H2,29,33,35)/b23-17+. The van der Waals surface area contributed by atoms with Gasteiger partial charge in [-0.15, -0.1) is 0 Å². The highest BCUT2D eigenvalue weighted by Gasteiger charge is 2.35. The average molecular weight is 475 g/mol. The van der Waals surface area contributed by atoms with Crippen LogP contribution in [0.2, 0.25) is 0 Å². The van der Waals surface area contributed by atoms with Crippen LogP contribution in [0.3, 0.4) is 0 Å². The van der Waals surface area contributed by atoms with Crippen molar-refractivity contribution in [1.82, 2.24) is 10.6 Å². The molecule has 0 saturated heterocycles. The average Bonchev–Trinajstić information content (AvgIpc) is 3.56.